The van der Waals surface area contributed by atoms with E-state index < -0.39 is 0 Å². The highest BCUT2D eigenvalue weighted by atomic mass is 35.5. The van der Waals surface area contributed by atoms with E-state index in [9.17, 15) is 9.90 Å². The van der Waals surface area contributed by atoms with Gasteiger partial charge in [0.1, 0.15) is 5.75 Å². The van der Waals surface area contributed by atoms with E-state index in [1.165, 1.54) is 0 Å². The summed E-state index contributed by atoms with van der Waals surface area (Å²) in [6.45, 7) is 4.09. The maximum Gasteiger partial charge on any atom is 0.234 e. The molecular weight excluding hydrogens is 304 g/mol. The lowest BCUT2D eigenvalue weighted by Gasteiger charge is -2.33. The summed E-state index contributed by atoms with van der Waals surface area (Å²) in [7, 11) is 1.59. The third-order valence-electron chi connectivity index (χ3n) is 4.09. The smallest absolute Gasteiger partial charge is 0.234 e. The highest BCUT2D eigenvalue weighted by Gasteiger charge is 2.25. The normalized spacial score (nSPS) is 22.4. The summed E-state index contributed by atoms with van der Waals surface area (Å²) in [5.41, 5.74) is 0.843. The zero-order chi connectivity index (χ0) is 16.1. The van der Waals surface area contributed by atoms with Gasteiger partial charge in [0, 0.05) is 23.7 Å². The summed E-state index contributed by atoms with van der Waals surface area (Å²) >= 11 is 5.97. The van der Waals surface area contributed by atoms with Crippen molar-refractivity contribution in [3.05, 3.63) is 28.8 Å². The van der Waals surface area contributed by atoms with Gasteiger partial charge in [0.05, 0.1) is 19.8 Å². The van der Waals surface area contributed by atoms with Gasteiger partial charge in [0.2, 0.25) is 5.91 Å². The van der Waals surface area contributed by atoms with Gasteiger partial charge in [0.25, 0.3) is 0 Å². The molecule has 0 aliphatic carbocycles. The predicted molar refractivity (Wildman–Crippen MR) is 86.1 cm³/mol. The Hall–Kier alpha value is -1.30. The van der Waals surface area contributed by atoms with Crippen molar-refractivity contribution in [1.29, 1.82) is 0 Å². The predicted octanol–water partition coefficient (Wildman–Crippen LogP) is 1.67. The highest BCUT2D eigenvalue weighted by molar-refractivity contribution is 6.30. The van der Waals surface area contributed by atoms with E-state index in [-0.39, 0.29) is 12.0 Å². The number of nitrogens with zero attached hydrogens (tertiary/aromatic N) is 1. The molecule has 0 aromatic heterocycles. The van der Waals surface area contributed by atoms with Crippen molar-refractivity contribution in [3.63, 3.8) is 0 Å². The highest BCUT2D eigenvalue weighted by Crippen LogP contribution is 2.22. The molecule has 0 spiro atoms. The second kappa shape index (κ2) is 7.81. The number of carbonyl (C=O) groups is 1. The van der Waals surface area contributed by atoms with Crippen molar-refractivity contribution in [1.82, 2.24) is 10.2 Å². The zero-order valence-corrected chi connectivity index (χ0v) is 13.8. The van der Waals surface area contributed by atoms with E-state index in [0.717, 1.165) is 18.5 Å². The Morgan fingerprint density at radius 2 is 2.32 bits per heavy atom. The van der Waals surface area contributed by atoms with Crippen LogP contribution < -0.4 is 10.1 Å². The Morgan fingerprint density at radius 1 is 1.55 bits per heavy atom. The number of amides is 1. The van der Waals surface area contributed by atoms with E-state index >= 15 is 0 Å². The van der Waals surface area contributed by atoms with Crippen LogP contribution in [0.2, 0.25) is 5.02 Å². The minimum atomic E-state index is -0.352. The summed E-state index contributed by atoms with van der Waals surface area (Å²) < 4.78 is 5.26. The number of likely N-dealkylation sites (tertiary alicyclic amines) is 1. The molecule has 122 valence electrons. The van der Waals surface area contributed by atoms with Crippen LogP contribution in [0, 0.1) is 5.92 Å². The van der Waals surface area contributed by atoms with E-state index in [0.29, 0.717) is 36.3 Å². The van der Waals surface area contributed by atoms with Gasteiger partial charge in [-0.15, -0.1) is 0 Å². The molecular formula is C16H23ClN2O3. The minimum Gasteiger partial charge on any atom is -0.496 e. The van der Waals surface area contributed by atoms with Gasteiger partial charge >= 0.3 is 0 Å². The van der Waals surface area contributed by atoms with Crippen molar-refractivity contribution in [2.45, 2.75) is 26.0 Å². The Kier molecular flexibility index (Phi) is 6.06. The van der Waals surface area contributed by atoms with Gasteiger partial charge in [-0.05, 0) is 37.1 Å². The van der Waals surface area contributed by atoms with Crippen molar-refractivity contribution >= 4 is 17.5 Å². The number of carbonyl (C=O) groups excluding carboxylic acids is 1. The third-order valence-corrected chi connectivity index (χ3v) is 4.32. The Morgan fingerprint density at radius 3 is 3.00 bits per heavy atom. The van der Waals surface area contributed by atoms with Crippen LogP contribution in [0.3, 0.4) is 0 Å². The third kappa shape index (κ3) is 4.60. The minimum absolute atomic E-state index is 0.0659. The van der Waals surface area contributed by atoms with Crippen LogP contribution in [-0.2, 0) is 11.3 Å². The molecule has 5 nitrogen and oxygen atoms in total. The first kappa shape index (κ1) is 17.1. The van der Waals surface area contributed by atoms with Gasteiger partial charge in [-0.25, -0.2) is 0 Å². The average molecular weight is 327 g/mol. The molecule has 2 unspecified atom stereocenters. The number of ether oxygens (including phenoxy) is 1. The molecule has 1 heterocycles. The quantitative estimate of drug-likeness (QED) is 0.864. The van der Waals surface area contributed by atoms with Crippen LogP contribution in [-0.4, -0.2) is 48.8 Å². The van der Waals surface area contributed by atoms with Gasteiger partial charge < -0.3 is 15.2 Å². The molecule has 22 heavy (non-hydrogen) atoms. The number of hydrogen-bond acceptors (Lipinski definition) is 4. The van der Waals surface area contributed by atoms with Gasteiger partial charge in [-0.2, -0.15) is 0 Å². The lowest BCUT2D eigenvalue weighted by Crippen LogP contribution is -2.46. The summed E-state index contributed by atoms with van der Waals surface area (Å²) in [6.07, 6.45) is 0.561. The standard InChI is InChI=1S/C16H23ClN2O3/c1-11-5-6-19(9-14(11)20)10-16(21)18-8-12-7-13(17)3-4-15(12)22-2/h3-4,7,11,14,20H,5-6,8-10H2,1-2H3,(H,18,21). The fourth-order valence-corrected chi connectivity index (χ4v) is 2.79. The molecule has 2 N–H and O–H groups in total. The van der Waals surface area contributed by atoms with Crippen LogP contribution >= 0.6 is 11.6 Å². The van der Waals surface area contributed by atoms with Crippen LogP contribution in [0.4, 0.5) is 0 Å². The lowest BCUT2D eigenvalue weighted by molar-refractivity contribution is -0.123. The molecule has 2 rings (SSSR count). The Labute approximate surface area is 136 Å². The number of β-amino-alcohol motifs (C(OH)–C–C–N with tert-alkyl or cyclic N) is 1. The first-order valence-corrected chi connectivity index (χ1v) is 7.87. The molecule has 1 fully saturated rings. The van der Waals surface area contributed by atoms with Crippen LogP contribution in [0.15, 0.2) is 18.2 Å². The largest absolute Gasteiger partial charge is 0.496 e. The first-order chi connectivity index (χ1) is 10.5. The Balaban J connectivity index is 1.84. The van der Waals surface area contributed by atoms with Crippen molar-refractivity contribution in [2.24, 2.45) is 5.92 Å². The second-order valence-corrected chi connectivity index (χ2v) is 6.24. The summed E-state index contributed by atoms with van der Waals surface area (Å²) in [5, 5.41) is 13.3. The van der Waals surface area contributed by atoms with Crippen molar-refractivity contribution < 1.29 is 14.6 Å². The van der Waals surface area contributed by atoms with Gasteiger partial charge in [-0.3, -0.25) is 9.69 Å². The fraction of sp³-hybridized carbons (Fsp3) is 0.562. The second-order valence-electron chi connectivity index (χ2n) is 5.80. The average Bonchev–Trinajstić information content (AvgIpc) is 2.49. The van der Waals surface area contributed by atoms with E-state index in [2.05, 4.69) is 5.32 Å². The SMILES string of the molecule is COc1ccc(Cl)cc1CNC(=O)CN1CCC(C)C(O)C1. The van der Waals surface area contributed by atoms with Gasteiger partial charge in [-0.1, -0.05) is 18.5 Å². The molecule has 1 aromatic carbocycles. The number of nitrogens with one attached hydrogen (secondary N) is 1. The number of piperidine rings is 1. The fourth-order valence-electron chi connectivity index (χ4n) is 2.60. The molecule has 0 saturated carbocycles. The van der Waals surface area contributed by atoms with E-state index in [4.69, 9.17) is 16.3 Å². The first-order valence-electron chi connectivity index (χ1n) is 7.49. The number of rotatable bonds is 5. The van der Waals surface area contributed by atoms with E-state index in [1.54, 1.807) is 25.3 Å². The Bertz CT molecular complexity index is 524. The summed E-state index contributed by atoms with van der Waals surface area (Å²) in [5.74, 6) is 0.936. The molecule has 1 saturated heterocycles. The summed E-state index contributed by atoms with van der Waals surface area (Å²) in [6, 6.07) is 5.32. The number of hydrogen-bond donors (Lipinski definition) is 2. The van der Waals surface area contributed by atoms with E-state index in [1.807, 2.05) is 11.8 Å². The molecule has 2 atom stereocenters. The zero-order valence-electron chi connectivity index (χ0n) is 13.0. The number of aliphatic hydroxyl groups excluding tert-OH is 1. The number of benzene rings is 1. The molecule has 1 amide bonds. The monoisotopic (exact) mass is 326 g/mol. The molecule has 1 aromatic rings. The number of aliphatic hydroxyl groups is 1. The number of methoxy groups -OCH3 is 1. The molecule has 1 aliphatic heterocycles. The van der Waals surface area contributed by atoms with Crippen molar-refractivity contribution in [2.75, 3.05) is 26.7 Å². The summed E-state index contributed by atoms with van der Waals surface area (Å²) in [4.78, 5) is 14.0. The van der Waals surface area contributed by atoms with Crippen LogP contribution in [0.1, 0.15) is 18.9 Å². The molecule has 0 bridgehead atoms. The topological polar surface area (TPSA) is 61.8 Å². The lowest BCUT2D eigenvalue weighted by atomic mass is 9.96. The maximum absolute atomic E-state index is 12.0. The van der Waals surface area contributed by atoms with Gasteiger partial charge in [0.15, 0.2) is 0 Å². The van der Waals surface area contributed by atoms with Crippen LogP contribution in [0.25, 0.3) is 0 Å². The van der Waals surface area contributed by atoms with Crippen molar-refractivity contribution in [3.8, 4) is 5.75 Å². The molecule has 6 heteroatoms. The maximum atomic E-state index is 12.0. The van der Waals surface area contributed by atoms with Crippen LogP contribution in [0.5, 0.6) is 5.75 Å². The molecule has 1 aliphatic rings. The molecule has 0 radical (unpaired) electrons. The number of halogens is 1.